The van der Waals surface area contributed by atoms with E-state index >= 15 is 0 Å². The predicted molar refractivity (Wildman–Crippen MR) is 132 cm³/mol. The van der Waals surface area contributed by atoms with Gasteiger partial charge in [0.2, 0.25) is 5.91 Å². The highest BCUT2D eigenvalue weighted by Crippen LogP contribution is 2.34. The Bertz CT molecular complexity index is 1040. The fourth-order valence-electron chi connectivity index (χ4n) is 5.25. The van der Waals surface area contributed by atoms with E-state index in [4.69, 9.17) is 0 Å². The summed E-state index contributed by atoms with van der Waals surface area (Å²) in [5.74, 6) is -0.196. The predicted octanol–water partition coefficient (Wildman–Crippen LogP) is 3.57. The number of benzene rings is 2. The largest absolute Gasteiger partial charge is 0.311 e. The molecule has 2 aliphatic rings. The van der Waals surface area contributed by atoms with Gasteiger partial charge >= 0.3 is 0 Å². The topological polar surface area (TPSA) is 55.9 Å². The molecule has 2 aromatic carbocycles. The molecule has 34 heavy (non-hydrogen) atoms. The molecule has 0 aromatic heterocycles. The van der Waals surface area contributed by atoms with Crippen LogP contribution >= 0.6 is 0 Å². The van der Waals surface area contributed by atoms with E-state index < -0.39 is 0 Å². The highest BCUT2D eigenvalue weighted by molar-refractivity contribution is 5.99. The maximum atomic E-state index is 14.2. The van der Waals surface area contributed by atoms with Crippen LogP contribution in [0.3, 0.4) is 0 Å². The zero-order valence-electron chi connectivity index (χ0n) is 20.6. The van der Waals surface area contributed by atoms with Crippen LogP contribution in [0.2, 0.25) is 0 Å². The summed E-state index contributed by atoms with van der Waals surface area (Å²) in [5, 5.41) is 1.96. The molecule has 6 nitrogen and oxygen atoms in total. The molecular weight excluding hydrogens is 431 g/mol. The van der Waals surface area contributed by atoms with Gasteiger partial charge in [0.25, 0.3) is 5.91 Å². The lowest BCUT2D eigenvalue weighted by molar-refractivity contribution is -0.124. The summed E-state index contributed by atoms with van der Waals surface area (Å²) in [4.78, 5) is 30.2. The SMILES string of the molecule is Cc1cc(C(=O)NN2CCN(C)CC2)cc(C)c1N1C[C@@H](Cc2ccccc2F)C[C@@H](C)C1=O. The molecule has 182 valence electrons. The standard InChI is InChI=1S/C27H35FN4O2/c1-18-14-23(26(33)29-31-11-9-30(4)10-12-31)15-19(2)25(18)32-17-21(13-20(3)27(32)34)16-22-7-5-6-8-24(22)28/h5-8,14-15,20-21H,9-13,16-17H2,1-4H3,(H,29,33)/t20-,21-/m1/s1. The van der Waals surface area contributed by atoms with E-state index in [-0.39, 0.29) is 29.5 Å². The summed E-state index contributed by atoms with van der Waals surface area (Å²) < 4.78 is 14.2. The van der Waals surface area contributed by atoms with Crippen molar-refractivity contribution in [1.29, 1.82) is 0 Å². The number of piperidine rings is 1. The number of likely N-dealkylation sites (N-methyl/N-ethyl adjacent to an activating group) is 1. The van der Waals surface area contributed by atoms with Gasteiger partial charge < -0.3 is 9.80 Å². The third-order valence-electron chi connectivity index (χ3n) is 7.07. The van der Waals surface area contributed by atoms with Gasteiger partial charge in [0.05, 0.1) is 0 Å². The Morgan fingerprint density at radius 1 is 1.09 bits per heavy atom. The van der Waals surface area contributed by atoms with Crippen molar-refractivity contribution in [2.24, 2.45) is 11.8 Å². The molecule has 2 amide bonds. The lowest BCUT2D eigenvalue weighted by Gasteiger charge is -2.38. The summed E-state index contributed by atoms with van der Waals surface area (Å²) in [6, 6.07) is 10.6. The van der Waals surface area contributed by atoms with Gasteiger partial charge in [-0.15, -0.1) is 0 Å². The lowest BCUT2D eigenvalue weighted by atomic mass is 9.84. The average Bonchev–Trinajstić information content (AvgIpc) is 2.79. The summed E-state index contributed by atoms with van der Waals surface area (Å²) in [6.07, 6.45) is 1.34. The van der Waals surface area contributed by atoms with E-state index in [1.54, 1.807) is 6.07 Å². The van der Waals surface area contributed by atoms with E-state index in [1.807, 2.05) is 54.9 Å². The highest BCUT2D eigenvalue weighted by Gasteiger charge is 2.34. The van der Waals surface area contributed by atoms with Gasteiger partial charge in [-0.3, -0.25) is 15.0 Å². The minimum Gasteiger partial charge on any atom is -0.311 e. The van der Waals surface area contributed by atoms with Crippen molar-refractivity contribution in [2.45, 2.75) is 33.6 Å². The number of carbonyl (C=O) groups is 2. The van der Waals surface area contributed by atoms with Crippen LogP contribution < -0.4 is 10.3 Å². The van der Waals surface area contributed by atoms with Gasteiger partial charge in [0, 0.05) is 49.9 Å². The van der Waals surface area contributed by atoms with Crippen LogP contribution in [-0.4, -0.2) is 61.5 Å². The molecule has 2 heterocycles. The second-order valence-corrected chi connectivity index (χ2v) is 9.94. The third kappa shape index (κ3) is 5.31. The van der Waals surface area contributed by atoms with E-state index in [1.165, 1.54) is 6.07 Å². The Balaban J connectivity index is 1.52. The molecule has 2 saturated heterocycles. The van der Waals surface area contributed by atoms with E-state index in [0.29, 0.717) is 24.1 Å². The van der Waals surface area contributed by atoms with E-state index in [0.717, 1.165) is 49.4 Å². The average molecular weight is 467 g/mol. The van der Waals surface area contributed by atoms with Crippen LogP contribution in [-0.2, 0) is 11.2 Å². The van der Waals surface area contributed by atoms with E-state index in [9.17, 15) is 14.0 Å². The number of amides is 2. The van der Waals surface area contributed by atoms with Gasteiger partial charge in [-0.05, 0) is 74.5 Å². The van der Waals surface area contributed by atoms with Crippen molar-refractivity contribution in [3.8, 4) is 0 Å². The number of anilines is 1. The van der Waals surface area contributed by atoms with Crippen molar-refractivity contribution >= 4 is 17.5 Å². The second kappa shape index (κ2) is 10.2. The highest BCUT2D eigenvalue weighted by atomic mass is 19.1. The molecule has 4 rings (SSSR count). The molecule has 2 atom stereocenters. The number of aryl methyl sites for hydroxylation is 2. The summed E-state index contributed by atoms with van der Waals surface area (Å²) in [7, 11) is 2.08. The Hall–Kier alpha value is -2.77. The normalized spacial score (nSPS) is 22.1. The molecule has 2 aromatic rings. The van der Waals surface area contributed by atoms with Crippen molar-refractivity contribution in [3.63, 3.8) is 0 Å². The van der Waals surface area contributed by atoms with Crippen molar-refractivity contribution in [2.75, 3.05) is 44.7 Å². The fraction of sp³-hybridized carbons (Fsp3) is 0.481. The number of halogens is 1. The molecule has 0 saturated carbocycles. The molecule has 0 aliphatic carbocycles. The quantitative estimate of drug-likeness (QED) is 0.732. The molecular formula is C27H35FN4O2. The molecule has 0 spiro atoms. The summed E-state index contributed by atoms with van der Waals surface area (Å²) >= 11 is 0. The number of nitrogens with one attached hydrogen (secondary N) is 1. The van der Waals surface area contributed by atoms with Crippen LogP contribution in [0.25, 0.3) is 0 Å². The third-order valence-corrected chi connectivity index (χ3v) is 7.07. The number of hydrogen-bond acceptors (Lipinski definition) is 4. The van der Waals surface area contributed by atoms with Crippen molar-refractivity contribution in [3.05, 3.63) is 64.5 Å². The number of rotatable bonds is 5. The monoisotopic (exact) mass is 466 g/mol. The van der Waals surface area contributed by atoms with Gasteiger partial charge in [-0.25, -0.2) is 9.40 Å². The van der Waals surface area contributed by atoms with Crippen LogP contribution in [0.15, 0.2) is 36.4 Å². The molecule has 2 fully saturated rings. The number of nitrogens with zero attached hydrogens (tertiary/aromatic N) is 3. The summed E-state index contributed by atoms with van der Waals surface area (Å²) in [5.41, 5.74) is 6.97. The number of hydrogen-bond donors (Lipinski definition) is 1. The molecule has 0 bridgehead atoms. The second-order valence-electron chi connectivity index (χ2n) is 9.94. The summed E-state index contributed by atoms with van der Waals surface area (Å²) in [6.45, 7) is 9.82. The number of carbonyl (C=O) groups excluding carboxylic acids is 2. The zero-order valence-corrected chi connectivity index (χ0v) is 20.6. The maximum absolute atomic E-state index is 14.2. The van der Waals surface area contributed by atoms with Gasteiger partial charge in [0.15, 0.2) is 0 Å². The van der Waals surface area contributed by atoms with Crippen LogP contribution in [0.4, 0.5) is 10.1 Å². The minimum atomic E-state index is -0.193. The first-order valence-corrected chi connectivity index (χ1v) is 12.1. The lowest BCUT2D eigenvalue weighted by Crippen LogP contribution is -2.52. The molecule has 1 N–H and O–H groups in total. The first-order valence-electron chi connectivity index (χ1n) is 12.1. The van der Waals surface area contributed by atoms with Crippen LogP contribution in [0.5, 0.6) is 0 Å². The van der Waals surface area contributed by atoms with Gasteiger partial charge in [-0.2, -0.15) is 0 Å². The minimum absolute atomic E-state index is 0.0885. The Morgan fingerprint density at radius 3 is 2.38 bits per heavy atom. The first-order chi connectivity index (χ1) is 16.2. The Labute approximate surface area is 201 Å². The van der Waals surface area contributed by atoms with Crippen LogP contribution in [0, 0.1) is 31.5 Å². The molecule has 0 unspecified atom stereocenters. The number of piperazine rings is 1. The van der Waals surface area contributed by atoms with Crippen molar-refractivity contribution < 1.29 is 14.0 Å². The Morgan fingerprint density at radius 2 is 1.74 bits per heavy atom. The first kappa shape index (κ1) is 24.4. The fourth-order valence-corrected chi connectivity index (χ4v) is 5.25. The molecule has 0 radical (unpaired) electrons. The Kier molecular flexibility index (Phi) is 7.33. The molecule has 7 heteroatoms. The van der Waals surface area contributed by atoms with Gasteiger partial charge in [0.1, 0.15) is 5.82 Å². The van der Waals surface area contributed by atoms with E-state index in [2.05, 4.69) is 17.4 Å². The maximum Gasteiger partial charge on any atom is 0.265 e. The number of hydrazine groups is 1. The smallest absolute Gasteiger partial charge is 0.265 e. The van der Waals surface area contributed by atoms with Gasteiger partial charge in [-0.1, -0.05) is 25.1 Å². The van der Waals surface area contributed by atoms with Crippen molar-refractivity contribution in [1.82, 2.24) is 15.3 Å². The van der Waals surface area contributed by atoms with Crippen LogP contribution in [0.1, 0.15) is 40.4 Å². The molecule has 2 aliphatic heterocycles. The zero-order chi connectivity index (χ0) is 24.4.